The predicted molar refractivity (Wildman–Crippen MR) is 308 cm³/mol. The van der Waals surface area contributed by atoms with Crippen LogP contribution in [0.15, 0.2) is 96.5 Å². The highest BCUT2D eigenvalue weighted by Gasteiger charge is 2.38. The van der Waals surface area contributed by atoms with Gasteiger partial charge in [-0.15, -0.1) is 22.7 Å². The number of carbonyl (C=O) groups excluding carboxylic acids is 3. The fourth-order valence-corrected chi connectivity index (χ4v) is 13.0. The second kappa shape index (κ2) is 26.4. The van der Waals surface area contributed by atoms with Crippen molar-refractivity contribution in [2.24, 2.45) is 22.1 Å². The molecular weight excluding hydrogens is 1120 g/mol. The Morgan fingerprint density at radius 3 is 1.72 bits per heavy atom. The van der Waals surface area contributed by atoms with E-state index in [0.29, 0.717) is 65.6 Å². The molecule has 6 heterocycles. The summed E-state index contributed by atoms with van der Waals surface area (Å²) in [6.45, 7) is 6.40. The number of fused-ring (bicyclic) bond motifs is 2. The van der Waals surface area contributed by atoms with Crippen LogP contribution in [0.3, 0.4) is 0 Å². The number of hydrogen-bond donors (Lipinski definition) is 7. The molecule has 2 aromatic carbocycles. The Kier molecular flexibility index (Phi) is 20.3. The van der Waals surface area contributed by atoms with Crippen LogP contribution < -0.4 is 26.2 Å². The van der Waals surface area contributed by atoms with Gasteiger partial charge in [-0.2, -0.15) is 16.8 Å². The van der Waals surface area contributed by atoms with Crippen molar-refractivity contribution in [3.05, 3.63) is 151 Å². The van der Waals surface area contributed by atoms with Crippen LogP contribution >= 0.6 is 22.7 Å². The predicted octanol–water partition coefficient (Wildman–Crippen LogP) is 6.47. The summed E-state index contributed by atoms with van der Waals surface area (Å²) in [7, 11) is -8.21. The molecule has 81 heavy (non-hydrogen) atoms. The molecule has 436 valence electrons. The lowest BCUT2D eigenvalue weighted by Gasteiger charge is -2.38. The molecule has 4 aromatic heterocycles. The topological polar surface area (TPSA) is 331 Å². The van der Waals surface area contributed by atoms with E-state index in [1.165, 1.54) is 58.8 Å². The summed E-state index contributed by atoms with van der Waals surface area (Å²) in [5.74, 6) is -0.670. The van der Waals surface area contributed by atoms with E-state index in [1.807, 2.05) is 67.9 Å². The van der Waals surface area contributed by atoms with Crippen molar-refractivity contribution in [2.75, 3.05) is 36.9 Å². The third-order valence-corrected chi connectivity index (χ3v) is 17.0. The van der Waals surface area contributed by atoms with E-state index < -0.39 is 62.4 Å². The highest BCUT2D eigenvalue weighted by Crippen LogP contribution is 2.40. The molecule has 2 aliphatic carbocycles. The molecule has 0 bridgehead atoms. The van der Waals surface area contributed by atoms with E-state index in [4.69, 9.17) is 15.0 Å². The number of anilines is 2. The molecule has 4 aliphatic rings. The third kappa shape index (κ3) is 15.7. The number of rotatable bonds is 16. The van der Waals surface area contributed by atoms with E-state index in [0.717, 1.165) is 35.2 Å². The van der Waals surface area contributed by atoms with Gasteiger partial charge >= 0.3 is 26.7 Å². The maximum atomic E-state index is 13.8. The highest BCUT2D eigenvalue weighted by atomic mass is 32.2. The Balaban J connectivity index is 0.000000231. The number of benzene rings is 2. The Morgan fingerprint density at radius 2 is 1.20 bits per heavy atom. The van der Waals surface area contributed by atoms with Crippen LogP contribution in [0.2, 0.25) is 0 Å². The number of nitrogens with two attached hydrogens (primary N) is 2. The average molecular weight is 1190 g/mol. The Hall–Kier alpha value is -6.17. The zero-order valence-corrected chi connectivity index (χ0v) is 46.7. The van der Waals surface area contributed by atoms with Crippen LogP contribution in [0.4, 0.5) is 16.4 Å². The number of ether oxygens (including phenoxy) is 1. The second-order valence-corrected chi connectivity index (χ2v) is 25.2. The Labute approximate surface area is 480 Å². The van der Waals surface area contributed by atoms with Gasteiger partial charge in [-0.3, -0.25) is 22.9 Å². The monoisotopic (exact) mass is 1190 g/mol. The van der Waals surface area contributed by atoms with Crippen LogP contribution in [0, 0.1) is 11.8 Å². The first-order valence-electron chi connectivity index (χ1n) is 25.6. The minimum absolute atomic E-state index is 0. The molecule has 0 saturated heterocycles. The molecule has 0 radical (unpaired) electrons. The number of aromatic nitrogens is 4. The molecule has 9 N–H and O–H groups in total. The quantitative estimate of drug-likeness (QED) is 0.0510. The molecule has 26 heteroatoms. The van der Waals surface area contributed by atoms with Crippen LogP contribution in [0.5, 0.6) is 0 Å². The van der Waals surface area contributed by atoms with Crippen molar-refractivity contribution in [3.8, 4) is 0 Å². The van der Waals surface area contributed by atoms with Gasteiger partial charge in [0.1, 0.15) is 29.9 Å². The third-order valence-electron chi connectivity index (χ3n) is 14.2. The maximum absolute atomic E-state index is 13.8. The van der Waals surface area contributed by atoms with Gasteiger partial charge in [0.2, 0.25) is 11.6 Å². The summed E-state index contributed by atoms with van der Waals surface area (Å²) in [6, 6.07) is 19.1. The lowest BCUT2D eigenvalue weighted by molar-refractivity contribution is 0.0178. The Morgan fingerprint density at radius 1 is 0.716 bits per heavy atom. The summed E-state index contributed by atoms with van der Waals surface area (Å²) in [4.78, 5) is 59.9. The standard InChI is InChI=1S/C29H35N5O7S2.C24H27N5O5S2.2CH4/c1-29(2,3)41-28(37)34-9-8-17-6-4-5-7-21(17)25(34)19-11-24(42-15-19)26(36)22-13-31-16-32-27(22)33-20-10-18(23(35)12-20)14-40-43(30,38)39;25-36(32,33)34-11-15-7-17(9-20(15)30)29-24-19(10-26-13-28-24)23(31)21-8-16(12-35-21)22-18-4-2-1-3-14(18)5-6-27-22;;/h4-7,11,13,15-16,18,20,23,25,35H,8-10,12,14H2,1-3H3,(H2,30,38,39)(H,31,32,33);1-4,8,10,12-13,15,17,20,22,27,30H,5-7,9,11H2,(H2,25,32,33)(H,26,28,29);2*1H4/t18-,20-,23+,25?;15-,17-,20+,22?;;/m11../s1. The molecule has 2 unspecified atom stereocenters. The van der Waals surface area contributed by atoms with Crippen molar-refractivity contribution in [1.29, 1.82) is 0 Å². The van der Waals surface area contributed by atoms with Crippen molar-refractivity contribution >= 4 is 72.6 Å². The second-order valence-electron chi connectivity index (χ2n) is 20.9. The minimum atomic E-state index is -4.12. The van der Waals surface area contributed by atoms with Gasteiger partial charge < -0.3 is 30.9 Å². The van der Waals surface area contributed by atoms with Crippen molar-refractivity contribution < 1.29 is 54.5 Å². The molecule has 1 amide bonds. The molecule has 0 spiro atoms. The van der Waals surface area contributed by atoms with Crippen LogP contribution in [0.1, 0.15) is 137 Å². The van der Waals surface area contributed by atoms with Crippen molar-refractivity contribution in [3.63, 3.8) is 0 Å². The summed E-state index contributed by atoms with van der Waals surface area (Å²) in [5.41, 5.74) is 6.44. The number of aliphatic hydroxyl groups excluding tert-OH is 2. The van der Waals surface area contributed by atoms with E-state index in [9.17, 15) is 41.4 Å². The zero-order chi connectivity index (χ0) is 56.2. The van der Waals surface area contributed by atoms with Gasteiger partial charge in [-0.1, -0.05) is 63.4 Å². The van der Waals surface area contributed by atoms with Crippen LogP contribution in [-0.2, 0) is 46.6 Å². The molecule has 22 nitrogen and oxygen atoms in total. The van der Waals surface area contributed by atoms with E-state index in [-0.39, 0.29) is 63.3 Å². The summed E-state index contributed by atoms with van der Waals surface area (Å²) >= 11 is 2.66. The van der Waals surface area contributed by atoms with Crippen LogP contribution in [-0.4, -0.2) is 126 Å². The first-order chi connectivity index (χ1) is 37.6. The highest BCUT2D eigenvalue weighted by molar-refractivity contribution is 7.84. The normalized spacial score (nSPS) is 22.4. The van der Waals surface area contributed by atoms with Crippen molar-refractivity contribution in [2.45, 2.75) is 116 Å². The molecule has 2 fully saturated rings. The van der Waals surface area contributed by atoms with E-state index >= 15 is 0 Å². The summed E-state index contributed by atoms with van der Waals surface area (Å²) in [6.07, 6.45) is 6.76. The number of ketones is 2. The molecule has 2 aliphatic heterocycles. The lowest BCUT2D eigenvalue weighted by Crippen LogP contribution is -2.43. The van der Waals surface area contributed by atoms with E-state index in [2.05, 4.69) is 62.5 Å². The van der Waals surface area contributed by atoms with Crippen molar-refractivity contribution in [1.82, 2.24) is 30.2 Å². The molecule has 8 atom stereocenters. The molecule has 6 aromatic rings. The van der Waals surface area contributed by atoms with E-state index in [1.54, 1.807) is 11.0 Å². The largest absolute Gasteiger partial charge is 0.444 e. The average Bonchev–Trinajstić information content (AvgIpc) is 4.41. The van der Waals surface area contributed by atoms with Gasteiger partial charge in [-0.05, 0) is 116 Å². The van der Waals surface area contributed by atoms with Gasteiger partial charge in [0.05, 0.1) is 58.4 Å². The number of hydrogen-bond acceptors (Lipinski definition) is 21. The fraction of sp³-hybridized carbons (Fsp3) is 0.436. The fourth-order valence-electron chi connectivity index (χ4n) is 10.5. The SMILES string of the molecule is C.C.CC(C)(C)OC(=O)N1CCc2ccccc2C1c1csc(C(=O)c2cncnc2N[C@@H]2C[C@H](COS(N)(=O)=O)[C@@H](O)C2)c1.NS(=O)(=O)OC[C@H]1C[C@@H](Nc2ncncc2C(=O)c2cc(C3NCCc4ccccc43)cs2)C[C@@H]1O. The van der Waals surface area contributed by atoms with Gasteiger partial charge in [0.15, 0.2) is 0 Å². The number of nitrogens with one attached hydrogen (secondary N) is 3. The number of nitrogens with zero attached hydrogens (tertiary/aromatic N) is 5. The van der Waals surface area contributed by atoms with Gasteiger partial charge in [-0.25, -0.2) is 35.0 Å². The summed E-state index contributed by atoms with van der Waals surface area (Å²) in [5, 5.41) is 44.4. The first kappa shape index (κ1) is 62.4. The molecule has 10 rings (SSSR count). The minimum Gasteiger partial charge on any atom is -0.444 e. The number of amides is 1. The Bertz CT molecular complexity index is 3410. The number of carbonyl (C=O) groups is 3. The molecule has 2 saturated carbocycles. The lowest BCUT2D eigenvalue weighted by atomic mass is 9.89. The van der Waals surface area contributed by atoms with Gasteiger partial charge in [0.25, 0.3) is 0 Å². The smallest absolute Gasteiger partial charge is 0.411 e. The zero-order valence-electron chi connectivity index (χ0n) is 43.4. The molecular formula is C55H70N10O12S4. The van der Waals surface area contributed by atoms with Crippen LogP contribution in [0.25, 0.3) is 0 Å². The van der Waals surface area contributed by atoms with Gasteiger partial charge in [0, 0.05) is 49.4 Å². The number of thiophene rings is 2. The maximum Gasteiger partial charge on any atom is 0.411 e. The first-order valence-corrected chi connectivity index (χ1v) is 30.3. The number of aliphatic hydroxyl groups is 2. The summed E-state index contributed by atoms with van der Waals surface area (Å²) < 4.78 is 59.6.